The standard InChI is InChI=1S/C18H19FO7Se/c1-8(17(21)25-4)13(18(22)26-5)15(20)16-14(19)9-6-10(23-2)11(24-3)7-12(9)27-16/h6-8,13H,1-5H3. The van der Waals surface area contributed by atoms with Crippen LogP contribution in [0.5, 0.6) is 11.5 Å². The Bertz CT molecular complexity index is 889. The van der Waals surface area contributed by atoms with E-state index in [0.717, 1.165) is 14.2 Å². The maximum absolute atomic E-state index is 15.0. The van der Waals surface area contributed by atoms with E-state index in [4.69, 9.17) is 9.47 Å². The molecule has 0 aliphatic heterocycles. The van der Waals surface area contributed by atoms with Crippen LogP contribution in [0.3, 0.4) is 0 Å². The Hall–Kier alpha value is -2.38. The van der Waals surface area contributed by atoms with E-state index in [1.807, 2.05) is 0 Å². The Labute approximate surface area is 161 Å². The summed E-state index contributed by atoms with van der Waals surface area (Å²) in [6.07, 6.45) is 0. The van der Waals surface area contributed by atoms with Crippen LogP contribution < -0.4 is 9.47 Å². The average Bonchev–Trinajstić information content (AvgIpc) is 3.01. The van der Waals surface area contributed by atoms with Crippen molar-refractivity contribution in [3.63, 3.8) is 0 Å². The number of benzene rings is 1. The number of methoxy groups -OCH3 is 4. The van der Waals surface area contributed by atoms with E-state index in [9.17, 15) is 18.8 Å². The summed E-state index contributed by atoms with van der Waals surface area (Å²) in [4.78, 5) is 36.9. The van der Waals surface area contributed by atoms with Gasteiger partial charge in [-0.25, -0.2) is 0 Å². The molecule has 0 saturated heterocycles. The molecule has 0 aliphatic rings. The third kappa shape index (κ3) is 3.84. The van der Waals surface area contributed by atoms with E-state index in [-0.39, 0.29) is 9.82 Å². The summed E-state index contributed by atoms with van der Waals surface area (Å²) in [6, 6.07) is 3.05. The van der Waals surface area contributed by atoms with Gasteiger partial charge in [0.2, 0.25) is 0 Å². The molecule has 1 heterocycles. The topological polar surface area (TPSA) is 88.1 Å². The molecule has 1 aromatic heterocycles. The first-order valence-corrected chi connectivity index (χ1v) is 9.55. The Balaban J connectivity index is 2.58. The Morgan fingerprint density at radius 3 is 2.04 bits per heavy atom. The summed E-state index contributed by atoms with van der Waals surface area (Å²) in [6.45, 7) is 1.37. The van der Waals surface area contributed by atoms with Crippen molar-refractivity contribution >= 4 is 41.9 Å². The van der Waals surface area contributed by atoms with Crippen LogP contribution in [0.25, 0.3) is 9.65 Å². The molecule has 0 spiro atoms. The number of ketones is 1. The molecule has 0 N–H and O–H groups in total. The molecule has 2 rings (SSSR count). The molecule has 2 atom stereocenters. The normalized spacial score (nSPS) is 13.0. The monoisotopic (exact) mass is 446 g/mol. The molecule has 0 fully saturated rings. The van der Waals surface area contributed by atoms with Gasteiger partial charge >= 0.3 is 161 Å². The van der Waals surface area contributed by atoms with E-state index in [1.165, 1.54) is 27.2 Å². The molecule has 2 aromatic rings. The van der Waals surface area contributed by atoms with Gasteiger partial charge in [-0.2, -0.15) is 0 Å². The number of halogens is 1. The molecule has 0 amide bonds. The maximum atomic E-state index is 15.0. The molecule has 146 valence electrons. The predicted octanol–water partition coefficient (Wildman–Crippen LogP) is 1.83. The van der Waals surface area contributed by atoms with Crippen LogP contribution in [0.2, 0.25) is 0 Å². The van der Waals surface area contributed by atoms with Gasteiger partial charge in [-0.3, -0.25) is 0 Å². The molecule has 1 aromatic carbocycles. The molecular weight excluding hydrogens is 426 g/mol. The molecule has 27 heavy (non-hydrogen) atoms. The van der Waals surface area contributed by atoms with E-state index >= 15 is 0 Å². The van der Waals surface area contributed by atoms with Gasteiger partial charge in [-0.15, -0.1) is 0 Å². The molecular formula is C18H19FO7Se. The van der Waals surface area contributed by atoms with Crippen LogP contribution in [0.1, 0.15) is 16.2 Å². The van der Waals surface area contributed by atoms with E-state index in [0.29, 0.717) is 15.8 Å². The van der Waals surface area contributed by atoms with E-state index in [1.54, 1.807) is 6.07 Å². The van der Waals surface area contributed by atoms with Crippen molar-refractivity contribution < 1.29 is 37.7 Å². The van der Waals surface area contributed by atoms with Crippen molar-refractivity contribution in [2.24, 2.45) is 11.8 Å². The van der Waals surface area contributed by atoms with E-state index in [2.05, 4.69) is 9.47 Å². The number of ether oxygens (including phenoxy) is 4. The van der Waals surface area contributed by atoms with Crippen molar-refractivity contribution in [1.82, 2.24) is 0 Å². The van der Waals surface area contributed by atoms with Gasteiger partial charge < -0.3 is 0 Å². The summed E-state index contributed by atoms with van der Waals surface area (Å²) < 4.78 is 35.0. The first-order valence-electron chi connectivity index (χ1n) is 7.84. The third-order valence-corrected chi connectivity index (χ3v) is 6.56. The van der Waals surface area contributed by atoms with Crippen molar-refractivity contribution in [2.75, 3.05) is 28.4 Å². The second-order valence-electron chi connectivity index (χ2n) is 5.63. The fraction of sp³-hybridized carbons (Fsp3) is 0.389. The molecule has 2 unspecified atom stereocenters. The van der Waals surface area contributed by atoms with Crippen LogP contribution in [-0.2, 0) is 19.1 Å². The minimum atomic E-state index is -1.48. The fourth-order valence-electron chi connectivity index (χ4n) is 2.68. The van der Waals surface area contributed by atoms with Crippen LogP contribution in [0.4, 0.5) is 4.39 Å². The summed E-state index contributed by atoms with van der Waals surface area (Å²) in [5.41, 5.74) is 0. The molecule has 0 aliphatic carbocycles. The number of esters is 2. The second-order valence-corrected chi connectivity index (χ2v) is 7.83. The second kappa shape index (κ2) is 8.54. The molecule has 7 nitrogen and oxygen atoms in total. The number of rotatable bonds is 7. The van der Waals surface area contributed by atoms with Crippen molar-refractivity contribution in [2.45, 2.75) is 6.92 Å². The van der Waals surface area contributed by atoms with Gasteiger partial charge in [-0.1, -0.05) is 0 Å². The third-order valence-electron chi connectivity index (χ3n) is 4.17. The zero-order valence-corrected chi connectivity index (χ0v) is 17.2. The summed E-state index contributed by atoms with van der Waals surface area (Å²) in [5, 5.41) is 0.213. The fourth-order valence-corrected chi connectivity index (χ4v) is 4.93. The molecule has 0 saturated carbocycles. The number of carbonyl (C=O) groups excluding carboxylic acids is 3. The van der Waals surface area contributed by atoms with Gasteiger partial charge in [-0.05, 0) is 0 Å². The van der Waals surface area contributed by atoms with Crippen molar-refractivity contribution in [3.8, 4) is 11.5 Å². The minimum absolute atomic E-state index is 0.140. The zero-order valence-electron chi connectivity index (χ0n) is 15.5. The Morgan fingerprint density at radius 1 is 0.963 bits per heavy atom. The first kappa shape index (κ1) is 20.9. The quantitative estimate of drug-likeness (QED) is 0.278. The average molecular weight is 445 g/mol. The van der Waals surface area contributed by atoms with Gasteiger partial charge in [0.15, 0.2) is 0 Å². The number of hydrogen-bond acceptors (Lipinski definition) is 7. The summed E-state index contributed by atoms with van der Waals surface area (Å²) in [5.74, 6) is -5.06. The number of hydrogen-bond donors (Lipinski definition) is 0. The number of Topliss-reactive ketones (excluding diaryl/α,β-unsaturated/α-hetero) is 1. The van der Waals surface area contributed by atoms with Crippen molar-refractivity contribution in [3.05, 3.63) is 22.4 Å². The molecule has 0 radical (unpaired) electrons. The SMILES string of the molecule is COC(=O)C(C)C(C(=O)OC)C(=O)c1[se]c2cc(OC)c(OC)cc2c1F. The van der Waals surface area contributed by atoms with Gasteiger partial charge in [0.05, 0.1) is 0 Å². The predicted molar refractivity (Wildman–Crippen MR) is 95.0 cm³/mol. The van der Waals surface area contributed by atoms with Crippen LogP contribution in [0, 0.1) is 17.7 Å². The Morgan fingerprint density at radius 2 is 1.52 bits per heavy atom. The molecule has 0 bridgehead atoms. The summed E-state index contributed by atoms with van der Waals surface area (Å²) in [7, 11) is 5.11. The number of fused-ring (bicyclic) bond motifs is 1. The number of carbonyl (C=O) groups is 3. The van der Waals surface area contributed by atoms with Crippen molar-refractivity contribution in [1.29, 1.82) is 0 Å². The van der Waals surface area contributed by atoms with Gasteiger partial charge in [0, 0.05) is 0 Å². The van der Waals surface area contributed by atoms with Gasteiger partial charge in [0.1, 0.15) is 0 Å². The summed E-state index contributed by atoms with van der Waals surface area (Å²) >= 11 is -0.710. The van der Waals surface area contributed by atoms with Crippen LogP contribution >= 0.6 is 0 Å². The zero-order chi connectivity index (χ0) is 20.3. The van der Waals surface area contributed by atoms with Gasteiger partial charge in [0.25, 0.3) is 0 Å². The first-order chi connectivity index (χ1) is 12.8. The van der Waals surface area contributed by atoms with Crippen LogP contribution in [0.15, 0.2) is 12.1 Å². The Kier molecular flexibility index (Phi) is 6.62. The molecule has 9 heteroatoms. The van der Waals surface area contributed by atoms with Crippen LogP contribution in [-0.4, -0.2) is 60.7 Å². The van der Waals surface area contributed by atoms with E-state index < -0.39 is 49.9 Å².